The van der Waals surface area contributed by atoms with E-state index in [0.29, 0.717) is 12.3 Å². The van der Waals surface area contributed by atoms with Crippen LogP contribution < -0.4 is 4.74 Å². The number of carbonyl (C=O) groups is 1. The van der Waals surface area contributed by atoms with Gasteiger partial charge in [-0.3, -0.25) is 9.78 Å². The Morgan fingerprint density at radius 1 is 1.16 bits per heavy atom. The largest absolute Gasteiger partial charge is 0.497 e. The van der Waals surface area contributed by atoms with E-state index in [-0.39, 0.29) is 5.91 Å². The zero-order valence-electron chi connectivity index (χ0n) is 15.3. The maximum atomic E-state index is 11.9. The highest BCUT2D eigenvalue weighted by molar-refractivity contribution is 5.75. The lowest BCUT2D eigenvalue weighted by Crippen LogP contribution is -2.37. The van der Waals surface area contributed by atoms with Gasteiger partial charge in [-0.05, 0) is 55.2 Å². The molecule has 132 valence electrons. The van der Waals surface area contributed by atoms with Crippen molar-refractivity contribution in [3.63, 3.8) is 0 Å². The maximum absolute atomic E-state index is 11.9. The molecule has 2 aromatic rings. The van der Waals surface area contributed by atoms with Crippen LogP contribution in [0.5, 0.6) is 5.75 Å². The molecule has 0 aliphatic carbocycles. The number of amides is 1. The molecule has 0 unspecified atom stereocenters. The first-order valence-electron chi connectivity index (χ1n) is 9.01. The van der Waals surface area contributed by atoms with Gasteiger partial charge >= 0.3 is 0 Å². The minimum atomic E-state index is 0.259. The van der Waals surface area contributed by atoms with Gasteiger partial charge in [-0.2, -0.15) is 0 Å². The normalized spacial score (nSPS) is 15.2. The van der Waals surface area contributed by atoms with Crippen LogP contribution in [0.1, 0.15) is 43.5 Å². The molecule has 1 fully saturated rings. The average Bonchev–Trinajstić information content (AvgIpc) is 2.67. The molecule has 2 heterocycles. The summed E-state index contributed by atoms with van der Waals surface area (Å²) in [6.45, 7) is 5.65. The minimum absolute atomic E-state index is 0.259. The highest BCUT2D eigenvalue weighted by atomic mass is 16.5. The van der Waals surface area contributed by atoms with Crippen molar-refractivity contribution in [2.75, 3.05) is 20.2 Å². The van der Waals surface area contributed by atoms with E-state index in [1.54, 1.807) is 7.11 Å². The van der Waals surface area contributed by atoms with E-state index in [1.807, 2.05) is 30.9 Å². The van der Waals surface area contributed by atoms with Gasteiger partial charge in [0.25, 0.3) is 0 Å². The van der Waals surface area contributed by atoms with Crippen molar-refractivity contribution >= 4 is 5.91 Å². The van der Waals surface area contributed by atoms with Crippen molar-refractivity contribution in [2.45, 2.75) is 39.0 Å². The molecular formula is C21H26N2O2. The van der Waals surface area contributed by atoms with Gasteiger partial charge in [0.1, 0.15) is 5.75 Å². The Balaban J connectivity index is 1.79. The van der Waals surface area contributed by atoms with Gasteiger partial charge < -0.3 is 9.64 Å². The number of rotatable bonds is 4. The highest BCUT2D eigenvalue weighted by Crippen LogP contribution is 2.31. The molecule has 4 nitrogen and oxygen atoms in total. The molecule has 1 aromatic heterocycles. The first kappa shape index (κ1) is 17.5. The number of pyridine rings is 1. The van der Waals surface area contributed by atoms with E-state index in [9.17, 15) is 4.79 Å². The summed E-state index contributed by atoms with van der Waals surface area (Å²) in [5, 5.41) is 0. The fraction of sp³-hybridized carbons (Fsp3) is 0.429. The summed E-state index contributed by atoms with van der Waals surface area (Å²) < 4.78 is 5.24. The van der Waals surface area contributed by atoms with Gasteiger partial charge in [0, 0.05) is 36.8 Å². The summed E-state index contributed by atoms with van der Waals surface area (Å²) in [5.41, 5.74) is 4.55. The predicted octanol–water partition coefficient (Wildman–Crippen LogP) is 4.18. The van der Waals surface area contributed by atoms with E-state index in [1.165, 1.54) is 11.1 Å². The molecule has 25 heavy (non-hydrogen) atoms. The van der Waals surface area contributed by atoms with Crippen LogP contribution in [0.15, 0.2) is 36.4 Å². The van der Waals surface area contributed by atoms with Gasteiger partial charge in [0.05, 0.1) is 7.11 Å². The number of methoxy groups -OCH3 is 1. The van der Waals surface area contributed by atoms with E-state index >= 15 is 0 Å². The van der Waals surface area contributed by atoms with Gasteiger partial charge in [0.15, 0.2) is 0 Å². The van der Waals surface area contributed by atoms with Crippen LogP contribution >= 0.6 is 0 Å². The highest BCUT2D eigenvalue weighted by Gasteiger charge is 2.24. The molecule has 0 N–H and O–H groups in total. The summed E-state index contributed by atoms with van der Waals surface area (Å²) >= 11 is 0. The molecule has 4 heteroatoms. The molecule has 1 saturated heterocycles. The first-order chi connectivity index (χ1) is 12.1. The predicted molar refractivity (Wildman–Crippen MR) is 99.8 cm³/mol. The lowest BCUT2D eigenvalue weighted by molar-refractivity contribution is -0.131. The Morgan fingerprint density at radius 2 is 1.84 bits per heavy atom. The quantitative estimate of drug-likeness (QED) is 0.840. The smallest absolute Gasteiger partial charge is 0.222 e. The van der Waals surface area contributed by atoms with E-state index in [4.69, 9.17) is 9.72 Å². The Kier molecular flexibility index (Phi) is 5.37. The molecule has 1 aliphatic heterocycles. The molecule has 0 radical (unpaired) electrons. The topological polar surface area (TPSA) is 42.4 Å². The van der Waals surface area contributed by atoms with Crippen molar-refractivity contribution in [3.05, 3.63) is 47.8 Å². The summed E-state index contributed by atoms with van der Waals surface area (Å²) in [6, 6.07) is 12.5. The van der Waals surface area contributed by atoms with Crippen LogP contribution in [0.3, 0.4) is 0 Å². The Morgan fingerprint density at radius 3 is 2.44 bits per heavy atom. The summed E-state index contributed by atoms with van der Waals surface area (Å²) in [7, 11) is 1.68. The van der Waals surface area contributed by atoms with Gasteiger partial charge in [-0.1, -0.05) is 19.1 Å². The molecule has 0 spiro atoms. The van der Waals surface area contributed by atoms with Crippen LogP contribution in [0.25, 0.3) is 11.1 Å². The second kappa shape index (κ2) is 7.68. The monoisotopic (exact) mass is 338 g/mol. The van der Waals surface area contributed by atoms with Crippen molar-refractivity contribution in [3.8, 4) is 16.9 Å². The number of ether oxygens (including phenoxy) is 1. The third-order valence-corrected chi connectivity index (χ3v) is 4.96. The number of piperidine rings is 1. The Hall–Kier alpha value is -2.36. The van der Waals surface area contributed by atoms with Crippen LogP contribution in [0.2, 0.25) is 0 Å². The van der Waals surface area contributed by atoms with E-state index in [0.717, 1.165) is 43.1 Å². The lowest BCUT2D eigenvalue weighted by atomic mass is 9.91. The number of carbonyl (C=O) groups excluding carboxylic acids is 1. The molecule has 1 amide bonds. The molecule has 1 aliphatic rings. The fourth-order valence-electron chi connectivity index (χ4n) is 3.50. The molecule has 0 atom stereocenters. The Labute approximate surface area is 149 Å². The van der Waals surface area contributed by atoms with Crippen LogP contribution in [0.4, 0.5) is 0 Å². The van der Waals surface area contributed by atoms with E-state index in [2.05, 4.69) is 24.3 Å². The standard InChI is InChI=1S/C21H26N2O2/c1-4-21(24)23-11-9-17(10-12-23)20-14-18(13-15(2)22-20)16-5-7-19(25-3)8-6-16/h5-8,13-14,17H,4,9-12H2,1-3H3. The van der Waals surface area contributed by atoms with Gasteiger partial charge in [0.2, 0.25) is 5.91 Å². The van der Waals surface area contributed by atoms with Crippen molar-refractivity contribution in [1.82, 2.24) is 9.88 Å². The van der Waals surface area contributed by atoms with Gasteiger partial charge in [-0.15, -0.1) is 0 Å². The first-order valence-corrected chi connectivity index (χ1v) is 9.01. The number of likely N-dealkylation sites (tertiary alicyclic amines) is 1. The van der Waals surface area contributed by atoms with Gasteiger partial charge in [-0.25, -0.2) is 0 Å². The molecular weight excluding hydrogens is 312 g/mol. The van der Waals surface area contributed by atoms with Crippen molar-refractivity contribution in [2.24, 2.45) is 0 Å². The molecule has 1 aromatic carbocycles. The molecule has 0 saturated carbocycles. The van der Waals surface area contributed by atoms with Crippen molar-refractivity contribution in [1.29, 1.82) is 0 Å². The van der Waals surface area contributed by atoms with Crippen LogP contribution in [-0.2, 0) is 4.79 Å². The zero-order chi connectivity index (χ0) is 17.8. The zero-order valence-corrected chi connectivity index (χ0v) is 15.3. The molecule has 3 rings (SSSR count). The molecule has 0 bridgehead atoms. The number of aryl methyl sites for hydroxylation is 1. The van der Waals surface area contributed by atoms with Crippen LogP contribution in [0, 0.1) is 6.92 Å². The third-order valence-electron chi connectivity index (χ3n) is 4.96. The second-order valence-electron chi connectivity index (χ2n) is 6.66. The third kappa shape index (κ3) is 4.01. The Bertz CT molecular complexity index is 732. The second-order valence-corrected chi connectivity index (χ2v) is 6.66. The number of benzene rings is 1. The number of hydrogen-bond donors (Lipinski definition) is 0. The number of aromatic nitrogens is 1. The summed E-state index contributed by atoms with van der Waals surface area (Å²) in [5.74, 6) is 1.55. The maximum Gasteiger partial charge on any atom is 0.222 e. The summed E-state index contributed by atoms with van der Waals surface area (Å²) in [6.07, 6.45) is 2.57. The average molecular weight is 338 g/mol. The SMILES string of the molecule is CCC(=O)N1CCC(c2cc(-c3ccc(OC)cc3)cc(C)n2)CC1. The summed E-state index contributed by atoms with van der Waals surface area (Å²) in [4.78, 5) is 18.6. The lowest BCUT2D eigenvalue weighted by Gasteiger charge is -2.32. The van der Waals surface area contributed by atoms with Crippen molar-refractivity contribution < 1.29 is 9.53 Å². The van der Waals surface area contributed by atoms with Crippen LogP contribution in [-0.4, -0.2) is 36.0 Å². The number of nitrogens with zero attached hydrogens (tertiary/aromatic N) is 2. The fourth-order valence-corrected chi connectivity index (χ4v) is 3.50. The number of hydrogen-bond acceptors (Lipinski definition) is 3. The minimum Gasteiger partial charge on any atom is -0.497 e. The van der Waals surface area contributed by atoms with E-state index < -0.39 is 0 Å².